The van der Waals surface area contributed by atoms with E-state index in [0.29, 0.717) is 6.07 Å². The van der Waals surface area contributed by atoms with Crippen LogP contribution >= 0.6 is 0 Å². The van der Waals surface area contributed by atoms with Crippen molar-refractivity contribution in [3.8, 4) is 6.07 Å². The second kappa shape index (κ2) is 4.61. The molecule has 0 spiro atoms. The SMILES string of the molecule is N#Cc1cc(F)c(CC(=O)O)nc1C(F)F. The first-order valence-corrected chi connectivity index (χ1v) is 4.05. The molecule has 1 aromatic heterocycles. The van der Waals surface area contributed by atoms with E-state index in [0.717, 1.165) is 0 Å². The molecule has 0 unspecified atom stereocenters. The average molecular weight is 230 g/mol. The van der Waals surface area contributed by atoms with Gasteiger partial charge in [-0.15, -0.1) is 0 Å². The van der Waals surface area contributed by atoms with Gasteiger partial charge in [0.05, 0.1) is 17.7 Å². The maximum Gasteiger partial charge on any atom is 0.309 e. The molecule has 0 saturated heterocycles. The van der Waals surface area contributed by atoms with Crippen LogP contribution in [-0.4, -0.2) is 16.1 Å². The summed E-state index contributed by atoms with van der Waals surface area (Å²) in [7, 11) is 0. The minimum Gasteiger partial charge on any atom is -0.481 e. The molecule has 0 radical (unpaired) electrons. The molecule has 0 aliphatic heterocycles. The van der Waals surface area contributed by atoms with Gasteiger partial charge in [0.25, 0.3) is 6.43 Å². The minimum absolute atomic E-state index is 0.562. The molecule has 0 amide bonds. The Morgan fingerprint density at radius 3 is 2.69 bits per heavy atom. The average Bonchev–Trinajstić information content (AvgIpc) is 2.19. The number of pyridine rings is 1. The molecule has 0 aliphatic carbocycles. The summed E-state index contributed by atoms with van der Waals surface area (Å²) in [6, 6.07) is 1.93. The third-order valence-electron chi connectivity index (χ3n) is 1.72. The number of aromatic nitrogens is 1. The lowest BCUT2D eigenvalue weighted by Crippen LogP contribution is -2.08. The van der Waals surface area contributed by atoms with Crippen molar-refractivity contribution in [1.82, 2.24) is 4.98 Å². The summed E-state index contributed by atoms with van der Waals surface area (Å²) in [6.45, 7) is 0. The monoisotopic (exact) mass is 230 g/mol. The molecule has 16 heavy (non-hydrogen) atoms. The number of alkyl halides is 2. The summed E-state index contributed by atoms with van der Waals surface area (Å²) < 4.78 is 37.9. The normalized spacial score (nSPS) is 10.2. The number of carboxylic acids is 1. The van der Waals surface area contributed by atoms with Gasteiger partial charge in [0.2, 0.25) is 0 Å². The number of nitriles is 1. The van der Waals surface area contributed by atoms with E-state index in [1.54, 1.807) is 0 Å². The number of hydrogen-bond donors (Lipinski definition) is 1. The van der Waals surface area contributed by atoms with Crippen LogP contribution < -0.4 is 0 Å². The highest BCUT2D eigenvalue weighted by Gasteiger charge is 2.20. The van der Waals surface area contributed by atoms with Crippen molar-refractivity contribution in [3.63, 3.8) is 0 Å². The summed E-state index contributed by atoms with van der Waals surface area (Å²) in [6.07, 6.45) is -3.86. The second-order valence-corrected chi connectivity index (χ2v) is 2.83. The van der Waals surface area contributed by atoms with Gasteiger partial charge in [-0.3, -0.25) is 4.79 Å². The minimum atomic E-state index is -3.05. The predicted octanol–water partition coefficient (Wildman–Crippen LogP) is 1.66. The van der Waals surface area contributed by atoms with E-state index in [-0.39, 0.29) is 0 Å². The van der Waals surface area contributed by atoms with Gasteiger partial charge in [0, 0.05) is 0 Å². The fourth-order valence-electron chi connectivity index (χ4n) is 1.07. The van der Waals surface area contributed by atoms with Crippen molar-refractivity contribution >= 4 is 5.97 Å². The highest BCUT2D eigenvalue weighted by atomic mass is 19.3. The Bertz CT molecular complexity index is 469. The summed E-state index contributed by atoms with van der Waals surface area (Å²) in [4.78, 5) is 13.5. The number of carboxylic acid groups (broad SMARTS) is 1. The van der Waals surface area contributed by atoms with Crippen molar-refractivity contribution in [2.75, 3.05) is 0 Å². The van der Waals surface area contributed by atoms with Crippen LogP contribution in [-0.2, 0) is 11.2 Å². The van der Waals surface area contributed by atoms with Crippen LogP contribution in [0.2, 0.25) is 0 Å². The molecule has 0 aliphatic rings. The van der Waals surface area contributed by atoms with E-state index in [1.165, 1.54) is 6.07 Å². The Kier molecular flexibility index (Phi) is 3.45. The van der Waals surface area contributed by atoms with Gasteiger partial charge in [-0.25, -0.2) is 18.2 Å². The van der Waals surface area contributed by atoms with Gasteiger partial charge in [-0.1, -0.05) is 0 Å². The molecule has 7 heteroatoms. The van der Waals surface area contributed by atoms with Gasteiger partial charge in [-0.2, -0.15) is 5.26 Å². The quantitative estimate of drug-likeness (QED) is 0.856. The van der Waals surface area contributed by atoms with Gasteiger partial charge >= 0.3 is 5.97 Å². The zero-order chi connectivity index (χ0) is 12.3. The number of carbonyl (C=O) groups is 1. The second-order valence-electron chi connectivity index (χ2n) is 2.83. The lowest BCUT2D eigenvalue weighted by atomic mass is 10.1. The zero-order valence-electron chi connectivity index (χ0n) is 7.75. The number of nitrogens with zero attached hydrogens (tertiary/aromatic N) is 2. The van der Waals surface area contributed by atoms with Gasteiger partial charge in [0.15, 0.2) is 0 Å². The lowest BCUT2D eigenvalue weighted by Gasteiger charge is -2.05. The smallest absolute Gasteiger partial charge is 0.309 e. The standard InChI is InChI=1S/C9H5F3N2O2/c10-5-1-4(3-13)8(9(11)12)14-6(5)2-7(15)16/h1,9H,2H2,(H,15,16). The van der Waals surface area contributed by atoms with Crippen molar-refractivity contribution in [2.24, 2.45) is 0 Å². The summed E-state index contributed by atoms with van der Waals surface area (Å²) in [5.74, 6) is -2.47. The lowest BCUT2D eigenvalue weighted by molar-refractivity contribution is -0.136. The Balaban J connectivity index is 3.28. The van der Waals surface area contributed by atoms with Crippen molar-refractivity contribution < 1.29 is 23.1 Å². The van der Waals surface area contributed by atoms with E-state index in [9.17, 15) is 18.0 Å². The van der Waals surface area contributed by atoms with Gasteiger partial charge < -0.3 is 5.11 Å². The van der Waals surface area contributed by atoms with Crippen molar-refractivity contribution in [2.45, 2.75) is 12.8 Å². The van der Waals surface area contributed by atoms with Crippen molar-refractivity contribution in [3.05, 3.63) is 28.8 Å². The summed E-state index contributed by atoms with van der Waals surface area (Å²) in [5.41, 5.74) is -2.11. The first kappa shape index (κ1) is 12.0. The molecule has 0 fully saturated rings. The van der Waals surface area contributed by atoms with E-state index in [2.05, 4.69) is 4.98 Å². The Morgan fingerprint density at radius 1 is 1.62 bits per heavy atom. The van der Waals surface area contributed by atoms with Crippen LogP contribution in [0.5, 0.6) is 0 Å². The fourth-order valence-corrected chi connectivity index (χ4v) is 1.07. The van der Waals surface area contributed by atoms with E-state index >= 15 is 0 Å². The van der Waals surface area contributed by atoms with Gasteiger partial charge in [0.1, 0.15) is 17.6 Å². The highest BCUT2D eigenvalue weighted by Crippen LogP contribution is 2.22. The summed E-state index contributed by atoms with van der Waals surface area (Å²) in [5, 5.41) is 16.8. The van der Waals surface area contributed by atoms with Gasteiger partial charge in [-0.05, 0) is 6.07 Å². The highest BCUT2D eigenvalue weighted by molar-refractivity contribution is 5.69. The fraction of sp³-hybridized carbons (Fsp3) is 0.222. The number of aliphatic carboxylic acids is 1. The topological polar surface area (TPSA) is 74.0 Å². The molecule has 0 bridgehead atoms. The number of hydrogen-bond acceptors (Lipinski definition) is 3. The Hall–Kier alpha value is -2.10. The van der Waals surface area contributed by atoms with E-state index in [4.69, 9.17) is 10.4 Å². The first-order valence-electron chi connectivity index (χ1n) is 4.05. The van der Waals surface area contributed by atoms with Crippen LogP contribution in [0.3, 0.4) is 0 Å². The molecule has 1 rings (SSSR count). The first-order chi connectivity index (χ1) is 7.45. The number of rotatable bonds is 3. The molecule has 1 N–H and O–H groups in total. The molecule has 84 valence electrons. The molecule has 1 aromatic rings. The maximum absolute atomic E-state index is 13.1. The Labute approximate surface area is 88.0 Å². The molecule has 0 atom stereocenters. The van der Waals surface area contributed by atoms with E-state index < -0.39 is 41.6 Å². The third kappa shape index (κ3) is 2.48. The molecule has 1 heterocycles. The molecule has 4 nitrogen and oxygen atoms in total. The van der Waals surface area contributed by atoms with Crippen LogP contribution in [0.1, 0.15) is 23.4 Å². The van der Waals surface area contributed by atoms with E-state index in [1.807, 2.05) is 0 Å². The Morgan fingerprint density at radius 2 is 2.25 bits per heavy atom. The molecular formula is C9H5F3N2O2. The largest absolute Gasteiger partial charge is 0.481 e. The van der Waals surface area contributed by atoms with Crippen LogP contribution in [0.15, 0.2) is 6.07 Å². The molecule has 0 saturated carbocycles. The van der Waals surface area contributed by atoms with Crippen molar-refractivity contribution in [1.29, 1.82) is 5.26 Å². The maximum atomic E-state index is 13.1. The van der Waals surface area contributed by atoms with Crippen LogP contribution in [0.4, 0.5) is 13.2 Å². The third-order valence-corrected chi connectivity index (χ3v) is 1.72. The number of halogens is 3. The molecule has 0 aromatic carbocycles. The zero-order valence-corrected chi connectivity index (χ0v) is 7.75. The van der Waals surface area contributed by atoms with Crippen LogP contribution in [0, 0.1) is 17.1 Å². The predicted molar refractivity (Wildman–Crippen MR) is 45.2 cm³/mol. The van der Waals surface area contributed by atoms with Crippen LogP contribution in [0.25, 0.3) is 0 Å². The summed E-state index contributed by atoms with van der Waals surface area (Å²) >= 11 is 0. The molecular weight excluding hydrogens is 225 g/mol.